The average molecular weight is 341 g/mol. The Morgan fingerprint density at radius 1 is 1.00 bits per heavy atom. The molecule has 0 fully saturated rings. The van der Waals surface area contributed by atoms with Crippen LogP contribution in [-0.4, -0.2) is 20.3 Å². The third kappa shape index (κ3) is 6.00. The van der Waals surface area contributed by atoms with Crippen molar-refractivity contribution < 1.29 is 9.47 Å². The highest BCUT2D eigenvalue weighted by molar-refractivity contribution is 5.56. The number of para-hydroxylation sites is 2. The van der Waals surface area contributed by atoms with Crippen LogP contribution in [0.2, 0.25) is 0 Å². The summed E-state index contributed by atoms with van der Waals surface area (Å²) in [4.78, 5) is 0. The number of rotatable bonds is 9. The zero-order valence-electron chi connectivity index (χ0n) is 16.2. The van der Waals surface area contributed by atoms with Crippen LogP contribution in [0.1, 0.15) is 37.8 Å². The highest BCUT2D eigenvalue weighted by atomic mass is 16.5. The van der Waals surface area contributed by atoms with Gasteiger partial charge in [0.05, 0.1) is 19.4 Å². The van der Waals surface area contributed by atoms with E-state index in [0.717, 1.165) is 43.2 Å². The number of anilines is 1. The maximum Gasteiger partial charge on any atom is 0.141 e. The first kappa shape index (κ1) is 19.2. The minimum absolute atomic E-state index is 0.186. The predicted octanol–water partition coefficient (Wildman–Crippen LogP) is 5.61. The zero-order valence-corrected chi connectivity index (χ0v) is 16.2. The summed E-state index contributed by atoms with van der Waals surface area (Å²) in [5.74, 6) is 1.89. The quantitative estimate of drug-likeness (QED) is 0.601. The fraction of sp³-hybridized carbons (Fsp3) is 0.455. The van der Waals surface area contributed by atoms with Crippen LogP contribution >= 0.6 is 0 Å². The highest BCUT2D eigenvalue weighted by Crippen LogP contribution is 2.28. The lowest BCUT2D eigenvalue weighted by molar-refractivity contribution is 0.263. The van der Waals surface area contributed by atoms with E-state index in [1.807, 2.05) is 18.2 Å². The van der Waals surface area contributed by atoms with Gasteiger partial charge < -0.3 is 14.8 Å². The van der Waals surface area contributed by atoms with Gasteiger partial charge in [-0.3, -0.25) is 0 Å². The predicted molar refractivity (Wildman–Crippen MR) is 106 cm³/mol. The lowest BCUT2D eigenvalue weighted by Crippen LogP contribution is -2.24. The van der Waals surface area contributed by atoms with E-state index in [-0.39, 0.29) is 5.41 Å². The van der Waals surface area contributed by atoms with Crippen LogP contribution in [0.5, 0.6) is 11.5 Å². The van der Waals surface area contributed by atoms with Crippen molar-refractivity contribution in [3.8, 4) is 11.5 Å². The van der Waals surface area contributed by atoms with Gasteiger partial charge in [0.1, 0.15) is 11.5 Å². The van der Waals surface area contributed by atoms with Crippen LogP contribution in [0.4, 0.5) is 5.69 Å². The van der Waals surface area contributed by atoms with Crippen molar-refractivity contribution in [1.29, 1.82) is 0 Å². The van der Waals surface area contributed by atoms with E-state index >= 15 is 0 Å². The van der Waals surface area contributed by atoms with Crippen molar-refractivity contribution >= 4 is 5.69 Å². The largest absolute Gasteiger partial charge is 0.495 e. The molecule has 0 saturated carbocycles. The molecule has 0 radical (unpaired) electrons. The van der Waals surface area contributed by atoms with Gasteiger partial charge in [-0.2, -0.15) is 0 Å². The Kier molecular flexibility index (Phi) is 6.74. The second kappa shape index (κ2) is 8.80. The highest BCUT2D eigenvalue weighted by Gasteiger charge is 2.18. The molecule has 3 nitrogen and oxygen atoms in total. The summed E-state index contributed by atoms with van der Waals surface area (Å²) in [5.41, 5.74) is 3.67. The summed E-state index contributed by atoms with van der Waals surface area (Å²) in [6.45, 7) is 10.4. The molecule has 2 aromatic rings. The summed E-state index contributed by atoms with van der Waals surface area (Å²) in [7, 11) is 1.70. The molecule has 1 N–H and O–H groups in total. The van der Waals surface area contributed by atoms with Crippen LogP contribution in [0.3, 0.4) is 0 Å². The van der Waals surface area contributed by atoms with Gasteiger partial charge in [0.15, 0.2) is 0 Å². The Balaban J connectivity index is 1.78. The smallest absolute Gasteiger partial charge is 0.141 e. The first-order valence-corrected chi connectivity index (χ1v) is 8.98. The summed E-state index contributed by atoms with van der Waals surface area (Å²) < 4.78 is 11.4. The zero-order chi connectivity index (χ0) is 18.3. The molecule has 0 heterocycles. The number of nitrogens with one attached hydrogen (secondary N) is 1. The van der Waals surface area contributed by atoms with Gasteiger partial charge >= 0.3 is 0 Å². The van der Waals surface area contributed by atoms with Crippen molar-refractivity contribution in [2.75, 3.05) is 25.6 Å². The molecule has 2 rings (SSSR count). The van der Waals surface area contributed by atoms with Gasteiger partial charge in [-0.25, -0.2) is 0 Å². The molecule has 3 heteroatoms. The summed E-state index contributed by atoms with van der Waals surface area (Å²) in [6.07, 6.45) is 2.13. The van der Waals surface area contributed by atoms with Gasteiger partial charge in [0, 0.05) is 6.54 Å². The maximum atomic E-state index is 5.97. The van der Waals surface area contributed by atoms with E-state index in [9.17, 15) is 0 Å². The van der Waals surface area contributed by atoms with Crippen molar-refractivity contribution in [1.82, 2.24) is 0 Å². The van der Waals surface area contributed by atoms with Gasteiger partial charge in [-0.15, -0.1) is 0 Å². The van der Waals surface area contributed by atoms with E-state index in [2.05, 4.69) is 57.3 Å². The number of benzene rings is 2. The summed E-state index contributed by atoms with van der Waals surface area (Å²) in [6, 6.07) is 14.4. The number of hydrogen-bond acceptors (Lipinski definition) is 3. The molecule has 0 aliphatic carbocycles. The molecule has 0 atom stereocenters. The fourth-order valence-electron chi connectivity index (χ4n) is 2.81. The van der Waals surface area contributed by atoms with Crippen molar-refractivity contribution in [3.05, 3.63) is 53.6 Å². The third-order valence-electron chi connectivity index (χ3n) is 4.46. The van der Waals surface area contributed by atoms with Crippen molar-refractivity contribution in [2.45, 2.75) is 40.5 Å². The molecule has 0 aromatic heterocycles. The Bertz CT molecular complexity index is 679. The van der Waals surface area contributed by atoms with E-state index in [4.69, 9.17) is 9.47 Å². The molecule has 0 bridgehead atoms. The summed E-state index contributed by atoms with van der Waals surface area (Å²) in [5, 5.41) is 3.51. The Labute approximate surface area is 152 Å². The van der Waals surface area contributed by atoms with Crippen LogP contribution < -0.4 is 14.8 Å². The normalized spacial score (nSPS) is 11.2. The van der Waals surface area contributed by atoms with E-state index in [0.29, 0.717) is 0 Å². The second-order valence-electron chi connectivity index (χ2n) is 7.44. The van der Waals surface area contributed by atoms with E-state index in [1.54, 1.807) is 7.11 Å². The molecule has 136 valence electrons. The van der Waals surface area contributed by atoms with Crippen LogP contribution in [0.15, 0.2) is 42.5 Å². The molecule has 0 aliphatic rings. The molecule has 0 saturated heterocycles. The molecule has 2 aromatic carbocycles. The second-order valence-corrected chi connectivity index (χ2v) is 7.44. The number of methoxy groups -OCH3 is 1. The van der Waals surface area contributed by atoms with E-state index < -0.39 is 0 Å². The summed E-state index contributed by atoms with van der Waals surface area (Å²) >= 11 is 0. The average Bonchev–Trinajstić information content (AvgIpc) is 2.60. The lowest BCUT2D eigenvalue weighted by atomic mass is 9.88. The Morgan fingerprint density at radius 3 is 2.52 bits per heavy atom. The molecule has 0 unspecified atom stereocenters. The maximum absolute atomic E-state index is 5.97. The van der Waals surface area contributed by atoms with Gasteiger partial charge in [0.2, 0.25) is 0 Å². The van der Waals surface area contributed by atoms with Gasteiger partial charge in [0.25, 0.3) is 0 Å². The molecule has 25 heavy (non-hydrogen) atoms. The minimum atomic E-state index is 0.186. The van der Waals surface area contributed by atoms with Crippen LogP contribution in [0, 0.1) is 19.3 Å². The van der Waals surface area contributed by atoms with E-state index in [1.165, 1.54) is 11.1 Å². The molecule has 0 amide bonds. The molecule has 0 aliphatic heterocycles. The first-order chi connectivity index (χ1) is 11.9. The molecular weight excluding hydrogens is 310 g/mol. The Morgan fingerprint density at radius 2 is 1.76 bits per heavy atom. The minimum Gasteiger partial charge on any atom is -0.495 e. The SMILES string of the molecule is COc1ccccc1NCC(C)(C)CCCOc1cc(C)ccc1C. The molecule has 0 spiro atoms. The fourth-order valence-corrected chi connectivity index (χ4v) is 2.81. The number of ether oxygens (including phenoxy) is 2. The van der Waals surface area contributed by atoms with Crippen molar-refractivity contribution in [2.24, 2.45) is 5.41 Å². The van der Waals surface area contributed by atoms with Crippen LogP contribution in [-0.2, 0) is 0 Å². The lowest BCUT2D eigenvalue weighted by Gasteiger charge is -2.26. The number of aryl methyl sites for hydroxylation is 2. The third-order valence-corrected chi connectivity index (χ3v) is 4.46. The van der Waals surface area contributed by atoms with Crippen LogP contribution in [0.25, 0.3) is 0 Å². The number of hydrogen-bond donors (Lipinski definition) is 1. The monoisotopic (exact) mass is 341 g/mol. The topological polar surface area (TPSA) is 30.5 Å². The van der Waals surface area contributed by atoms with Gasteiger partial charge in [-0.1, -0.05) is 38.1 Å². The Hall–Kier alpha value is -2.16. The first-order valence-electron chi connectivity index (χ1n) is 8.98. The standard InChI is InChI=1S/C22H31NO2/c1-17-11-12-18(2)21(15-17)25-14-8-13-22(3,4)16-23-19-9-6-7-10-20(19)24-5/h6-7,9-12,15,23H,8,13-14,16H2,1-5H3. The van der Waals surface area contributed by atoms with Crippen molar-refractivity contribution in [3.63, 3.8) is 0 Å². The van der Waals surface area contributed by atoms with Gasteiger partial charge in [-0.05, 0) is 61.4 Å². The molecular formula is C22H31NO2.